The number of piperidine rings is 1. The fourth-order valence-electron chi connectivity index (χ4n) is 3.53. The van der Waals surface area contributed by atoms with Crippen LogP contribution in [-0.2, 0) is 4.79 Å². The van der Waals surface area contributed by atoms with E-state index in [4.69, 9.17) is 26.8 Å². The summed E-state index contributed by atoms with van der Waals surface area (Å²) >= 11 is 5.88. The van der Waals surface area contributed by atoms with E-state index in [-0.39, 0.29) is 16.8 Å². The van der Waals surface area contributed by atoms with E-state index in [1.807, 2.05) is 0 Å². The zero-order valence-electron chi connectivity index (χ0n) is 16.7. The highest BCUT2D eigenvalue weighted by molar-refractivity contribution is 6.31. The number of anilines is 2. The fraction of sp³-hybridized carbons (Fsp3) is 0.286. The van der Waals surface area contributed by atoms with E-state index in [0.29, 0.717) is 47.6 Å². The van der Waals surface area contributed by atoms with Crippen LogP contribution in [0.15, 0.2) is 36.7 Å². The zero-order valence-corrected chi connectivity index (χ0v) is 17.4. The van der Waals surface area contributed by atoms with Crippen LogP contribution >= 0.6 is 11.6 Å². The molecule has 1 fully saturated rings. The van der Waals surface area contributed by atoms with Crippen molar-refractivity contribution >= 4 is 39.9 Å². The van der Waals surface area contributed by atoms with Gasteiger partial charge in [-0.25, -0.2) is 14.4 Å². The summed E-state index contributed by atoms with van der Waals surface area (Å²) in [6.45, 7) is 0.609. The van der Waals surface area contributed by atoms with Crippen molar-refractivity contribution in [2.75, 3.05) is 19.0 Å². The van der Waals surface area contributed by atoms with Crippen molar-refractivity contribution in [3.05, 3.63) is 47.5 Å². The Bertz CT molecular complexity index is 1130. The normalized spacial score (nSPS) is 18.5. The maximum absolute atomic E-state index is 14.4. The topological polar surface area (TPSA) is 111 Å². The summed E-state index contributed by atoms with van der Waals surface area (Å²) in [5, 5.41) is 6.66. The van der Waals surface area contributed by atoms with Crippen LogP contribution in [0.25, 0.3) is 10.9 Å². The average molecular weight is 446 g/mol. The van der Waals surface area contributed by atoms with E-state index >= 15 is 0 Å². The smallest absolute Gasteiger partial charge is 0.234 e. The Morgan fingerprint density at radius 2 is 2.16 bits per heavy atom. The monoisotopic (exact) mass is 445 g/mol. The van der Waals surface area contributed by atoms with Crippen LogP contribution in [0.5, 0.6) is 11.5 Å². The number of nitrogens with two attached hydrogens (primary N) is 1. The molecular formula is C21H21ClFN5O3. The number of carbonyl (C=O) groups excluding carboxylic acids is 1. The number of amides is 1. The van der Waals surface area contributed by atoms with Crippen LogP contribution in [0.2, 0.25) is 5.02 Å². The number of carbonyl (C=O) groups is 1. The largest absolute Gasteiger partial charge is 0.493 e. The second-order valence-corrected chi connectivity index (χ2v) is 7.55. The number of rotatable bonds is 6. The first kappa shape index (κ1) is 21.1. The Hall–Kier alpha value is -3.17. The average Bonchev–Trinajstić information content (AvgIpc) is 2.77. The molecule has 3 aromatic rings. The second kappa shape index (κ2) is 8.91. The van der Waals surface area contributed by atoms with Gasteiger partial charge in [-0.15, -0.1) is 0 Å². The van der Waals surface area contributed by atoms with Crippen LogP contribution in [0.4, 0.5) is 15.9 Å². The fourth-order valence-corrected chi connectivity index (χ4v) is 3.70. The van der Waals surface area contributed by atoms with Crippen molar-refractivity contribution in [1.29, 1.82) is 0 Å². The lowest BCUT2D eigenvalue weighted by atomic mass is 10.0. The molecule has 2 heterocycles. The Kier molecular flexibility index (Phi) is 6.06. The summed E-state index contributed by atoms with van der Waals surface area (Å²) in [5.74, 6) is 0.351. The van der Waals surface area contributed by atoms with E-state index in [0.717, 1.165) is 0 Å². The summed E-state index contributed by atoms with van der Waals surface area (Å²) in [4.78, 5) is 20.1. The molecule has 0 saturated carbocycles. The number of ether oxygens (including phenoxy) is 2. The summed E-state index contributed by atoms with van der Waals surface area (Å²) in [7, 11) is 1.53. The highest BCUT2D eigenvalue weighted by atomic mass is 35.5. The second-order valence-electron chi connectivity index (χ2n) is 7.14. The van der Waals surface area contributed by atoms with Crippen LogP contribution in [0, 0.1) is 5.82 Å². The lowest BCUT2D eigenvalue weighted by Gasteiger charge is -2.29. The van der Waals surface area contributed by atoms with Gasteiger partial charge in [-0.05, 0) is 31.2 Å². The summed E-state index contributed by atoms with van der Waals surface area (Å²) in [6.07, 6.45) is 2.30. The van der Waals surface area contributed by atoms with Crippen molar-refractivity contribution in [2.24, 2.45) is 5.73 Å². The number of nitrogens with one attached hydrogen (secondary N) is 2. The number of nitrogens with zero attached hydrogens (tertiary/aromatic N) is 2. The minimum absolute atomic E-state index is 0.00367. The number of benzene rings is 2. The molecular weight excluding hydrogens is 425 g/mol. The molecule has 10 heteroatoms. The SMILES string of the molecule is COc1cc2ncnc(Nc3cccc(Cl)c3F)c2cc1O[C@@H]1CCN[C@@H](C(N)=O)C1. The van der Waals surface area contributed by atoms with E-state index in [1.54, 1.807) is 24.3 Å². The molecule has 1 amide bonds. The third-order valence-electron chi connectivity index (χ3n) is 5.12. The number of hydrogen-bond acceptors (Lipinski definition) is 7. The van der Waals surface area contributed by atoms with E-state index in [9.17, 15) is 9.18 Å². The van der Waals surface area contributed by atoms with Gasteiger partial charge in [0.05, 0.1) is 29.4 Å². The molecule has 2 atom stereocenters. The highest BCUT2D eigenvalue weighted by Crippen LogP contribution is 2.36. The van der Waals surface area contributed by atoms with Gasteiger partial charge in [0.1, 0.15) is 18.2 Å². The number of halogens is 2. The van der Waals surface area contributed by atoms with Crippen molar-refractivity contribution < 1.29 is 18.7 Å². The lowest BCUT2D eigenvalue weighted by Crippen LogP contribution is -2.49. The lowest BCUT2D eigenvalue weighted by molar-refractivity contribution is -0.121. The Balaban J connectivity index is 1.68. The molecule has 1 aliphatic rings. The maximum Gasteiger partial charge on any atom is 0.234 e. The standard InChI is InChI=1S/C21H21ClFN5O3/c1-30-17-9-15-12(8-18(17)31-11-5-6-25-16(7-11)20(24)29)21(27-10-26-15)28-14-4-2-3-13(22)19(14)23/h2-4,8-11,16,25H,5-7H2,1H3,(H2,24,29)(H,26,27,28)/t11-,16-/m1/s1. The molecule has 8 nitrogen and oxygen atoms in total. The molecule has 4 rings (SSSR count). The van der Waals surface area contributed by atoms with E-state index in [2.05, 4.69) is 20.6 Å². The van der Waals surface area contributed by atoms with E-state index in [1.165, 1.54) is 19.5 Å². The van der Waals surface area contributed by atoms with Crippen molar-refractivity contribution in [3.8, 4) is 11.5 Å². The molecule has 0 bridgehead atoms. The van der Waals surface area contributed by atoms with Crippen molar-refractivity contribution in [3.63, 3.8) is 0 Å². The molecule has 0 aliphatic carbocycles. The first-order valence-electron chi connectivity index (χ1n) is 9.69. The number of fused-ring (bicyclic) bond motifs is 1. The van der Waals surface area contributed by atoms with Gasteiger partial charge in [-0.3, -0.25) is 4.79 Å². The Labute approximate surface area is 182 Å². The van der Waals surface area contributed by atoms with Crippen molar-refractivity contribution in [2.45, 2.75) is 25.0 Å². The minimum atomic E-state index is -0.576. The molecule has 0 spiro atoms. The van der Waals surface area contributed by atoms with Crippen LogP contribution in [0.1, 0.15) is 12.8 Å². The number of hydrogen-bond donors (Lipinski definition) is 3. The zero-order chi connectivity index (χ0) is 22.0. The molecule has 31 heavy (non-hydrogen) atoms. The molecule has 0 radical (unpaired) electrons. The maximum atomic E-state index is 14.4. The first-order chi connectivity index (χ1) is 15.0. The molecule has 162 valence electrons. The summed E-state index contributed by atoms with van der Waals surface area (Å²) in [5.41, 5.74) is 6.20. The molecule has 1 aromatic heterocycles. The van der Waals surface area contributed by atoms with Crippen LogP contribution in [0.3, 0.4) is 0 Å². The van der Waals surface area contributed by atoms with Gasteiger partial charge >= 0.3 is 0 Å². The van der Waals surface area contributed by atoms with Gasteiger partial charge in [0, 0.05) is 17.9 Å². The predicted molar refractivity (Wildman–Crippen MR) is 115 cm³/mol. The van der Waals surface area contributed by atoms with Gasteiger partial charge in [-0.1, -0.05) is 17.7 Å². The molecule has 4 N–H and O–H groups in total. The number of primary amides is 1. The van der Waals surface area contributed by atoms with Crippen LogP contribution < -0.4 is 25.8 Å². The quantitative estimate of drug-likeness (QED) is 0.534. The molecule has 1 saturated heterocycles. The Morgan fingerprint density at radius 3 is 2.94 bits per heavy atom. The molecule has 2 aromatic carbocycles. The molecule has 1 aliphatic heterocycles. The van der Waals surface area contributed by atoms with Gasteiger partial charge < -0.3 is 25.8 Å². The number of aromatic nitrogens is 2. The Morgan fingerprint density at radius 1 is 1.32 bits per heavy atom. The number of methoxy groups -OCH3 is 1. The third-order valence-corrected chi connectivity index (χ3v) is 5.41. The van der Waals surface area contributed by atoms with Crippen molar-refractivity contribution in [1.82, 2.24) is 15.3 Å². The van der Waals surface area contributed by atoms with Gasteiger partial charge in [0.25, 0.3) is 0 Å². The third kappa shape index (κ3) is 4.47. The van der Waals surface area contributed by atoms with Crippen LogP contribution in [-0.4, -0.2) is 41.7 Å². The molecule has 0 unspecified atom stereocenters. The van der Waals surface area contributed by atoms with E-state index < -0.39 is 17.8 Å². The van der Waals surface area contributed by atoms with Gasteiger partial charge in [0.15, 0.2) is 17.3 Å². The highest BCUT2D eigenvalue weighted by Gasteiger charge is 2.27. The minimum Gasteiger partial charge on any atom is -0.493 e. The van der Waals surface area contributed by atoms with Gasteiger partial charge in [0.2, 0.25) is 5.91 Å². The first-order valence-corrected chi connectivity index (χ1v) is 10.1. The summed E-state index contributed by atoms with van der Waals surface area (Å²) < 4.78 is 26.0. The van der Waals surface area contributed by atoms with Gasteiger partial charge in [-0.2, -0.15) is 0 Å². The predicted octanol–water partition coefficient (Wildman–Crippen LogP) is 3.16. The summed E-state index contributed by atoms with van der Waals surface area (Å²) in [6, 6.07) is 7.68.